The summed E-state index contributed by atoms with van der Waals surface area (Å²) in [4.78, 5) is 14.7. The zero-order valence-electron chi connectivity index (χ0n) is 10.8. The number of carbonyl (C=O) groups excluding carboxylic acids is 1. The third kappa shape index (κ3) is 3.19. The summed E-state index contributed by atoms with van der Waals surface area (Å²) in [6, 6.07) is 6.00. The van der Waals surface area contributed by atoms with Crippen LogP contribution in [0.15, 0.2) is 28.1 Å². The van der Waals surface area contributed by atoms with E-state index in [1.165, 1.54) is 4.88 Å². The van der Waals surface area contributed by atoms with Gasteiger partial charge in [-0.2, -0.15) is 0 Å². The Bertz CT molecular complexity index is 538. The summed E-state index contributed by atoms with van der Waals surface area (Å²) in [5.41, 5.74) is 2.21. The second-order valence-corrected chi connectivity index (χ2v) is 5.24. The number of carbonyl (C=O) groups is 1. The summed E-state index contributed by atoms with van der Waals surface area (Å²) in [7, 11) is 2.00. The molecule has 0 spiro atoms. The maximum absolute atomic E-state index is 11.3. The highest BCUT2D eigenvalue weighted by Gasteiger charge is 2.16. The minimum atomic E-state index is -0.455. The first-order valence-electron chi connectivity index (χ1n) is 5.82. The number of hydrogen-bond acceptors (Lipinski definition) is 6. The van der Waals surface area contributed by atoms with Crippen molar-refractivity contribution in [1.82, 2.24) is 15.5 Å². The molecule has 2 aromatic rings. The Morgan fingerprint density at radius 2 is 2.47 bits per heavy atom. The average molecular weight is 280 g/mol. The van der Waals surface area contributed by atoms with Gasteiger partial charge in [0.2, 0.25) is 0 Å². The predicted molar refractivity (Wildman–Crippen MR) is 72.4 cm³/mol. The van der Waals surface area contributed by atoms with Gasteiger partial charge in [0.15, 0.2) is 11.5 Å². The predicted octanol–water partition coefficient (Wildman–Crippen LogP) is 1.53. The molecule has 2 heterocycles. The van der Waals surface area contributed by atoms with Crippen molar-refractivity contribution < 1.29 is 9.32 Å². The smallest absolute Gasteiger partial charge is 0.287 e. The minimum absolute atomic E-state index is 0.190. The van der Waals surface area contributed by atoms with Crippen LogP contribution in [0, 0.1) is 0 Å². The number of thiophene rings is 1. The molecule has 2 aromatic heterocycles. The SMILES string of the molecule is CC(c1cccs1)N(C)Cc1cc(C(=O)NN)no1. The van der Waals surface area contributed by atoms with Gasteiger partial charge in [-0.25, -0.2) is 5.84 Å². The van der Waals surface area contributed by atoms with E-state index in [-0.39, 0.29) is 11.7 Å². The quantitative estimate of drug-likeness (QED) is 0.493. The van der Waals surface area contributed by atoms with Gasteiger partial charge >= 0.3 is 0 Å². The summed E-state index contributed by atoms with van der Waals surface area (Å²) in [5, 5.41) is 5.72. The van der Waals surface area contributed by atoms with Gasteiger partial charge in [0.1, 0.15) is 0 Å². The first-order chi connectivity index (χ1) is 9.11. The molecule has 1 atom stereocenters. The summed E-state index contributed by atoms with van der Waals surface area (Å²) >= 11 is 1.72. The van der Waals surface area contributed by atoms with Gasteiger partial charge < -0.3 is 4.52 Å². The fourth-order valence-corrected chi connectivity index (χ4v) is 2.55. The van der Waals surface area contributed by atoms with Crippen LogP contribution in [-0.2, 0) is 6.54 Å². The molecule has 3 N–H and O–H groups in total. The van der Waals surface area contributed by atoms with E-state index in [1.807, 2.05) is 18.5 Å². The van der Waals surface area contributed by atoms with E-state index in [9.17, 15) is 4.79 Å². The van der Waals surface area contributed by atoms with Crippen LogP contribution in [0.5, 0.6) is 0 Å². The lowest BCUT2D eigenvalue weighted by molar-refractivity contribution is 0.0944. The van der Waals surface area contributed by atoms with E-state index in [0.29, 0.717) is 12.3 Å². The van der Waals surface area contributed by atoms with Crippen molar-refractivity contribution in [3.05, 3.63) is 39.9 Å². The molecule has 1 unspecified atom stereocenters. The Morgan fingerprint density at radius 3 is 3.11 bits per heavy atom. The molecule has 0 saturated heterocycles. The summed E-state index contributed by atoms with van der Waals surface area (Å²) in [6.45, 7) is 2.69. The van der Waals surface area contributed by atoms with E-state index in [0.717, 1.165) is 0 Å². The highest BCUT2D eigenvalue weighted by atomic mass is 32.1. The number of hydrazine groups is 1. The van der Waals surface area contributed by atoms with Gasteiger partial charge in [-0.1, -0.05) is 11.2 Å². The van der Waals surface area contributed by atoms with Crippen LogP contribution in [0.1, 0.15) is 34.1 Å². The van der Waals surface area contributed by atoms with Gasteiger partial charge in [-0.05, 0) is 25.4 Å². The molecule has 0 aliphatic carbocycles. The Labute approximate surface area is 115 Å². The topological polar surface area (TPSA) is 84.4 Å². The summed E-state index contributed by atoms with van der Waals surface area (Å²) < 4.78 is 5.12. The van der Waals surface area contributed by atoms with E-state index >= 15 is 0 Å². The molecule has 6 nitrogen and oxygen atoms in total. The van der Waals surface area contributed by atoms with Gasteiger partial charge in [0.25, 0.3) is 5.91 Å². The Kier molecular flexibility index (Phi) is 4.31. The third-order valence-electron chi connectivity index (χ3n) is 2.94. The number of rotatable bonds is 5. The fourth-order valence-electron chi connectivity index (χ4n) is 1.70. The molecule has 0 saturated carbocycles. The average Bonchev–Trinajstić information content (AvgIpc) is 3.07. The number of amides is 1. The molecule has 7 heteroatoms. The first-order valence-corrected chi connectivity index (χ1v) is 6.70. The van der Waals surface area contributed by atoms with E-state index in [4.69, 9.17) is 10.4 Å². The molecule has 102 valence electrons. The number of nitrogens with zero attached hydrogens (tertiary/aromatic N) is 2. The molecule has 19 heavy (non-hydrogen) atoms. The molecule has 0 radical (unpaired) electrons. The Morgan fingerprint density at radius 1 is 1.68 bits per heavy atom. The standard InChI is InChI=1S/C12H16N4O2S/c1-8(11-4-3-5-19-11)16(2)7-9-6-10(15-18-9)12(17)14-13/h3-6,8H,7,13H2,1-2H3,(H,14,17). The number of nitrogens with two attached hydrogens (primary N) is 1. The third-order valence-corrected chi connectivity index (χ3v) is 3.99. The molecule has 0 aliphatic rings. The lowest BCUT2D eigenvalue weighted by Gasteiger charge is -2.22. The molecule has 0 aromatic carbocycles. The highest BCUT2D eigenvalue weighted by Crippen LogP contribution is 2.24. The van der Waals surface area contributed by atoms with E-state index in [2.05, 4.69) is 28.4 Å². The molecule has 2 rings (SSSR count). The minimum Gasteiger partial charge on any atom is -0.359 e. The van der Waals surface area contributed by atoms with E-state index in [1.54, 1.807) is 17.4 Å². The van der Waals surface area contributed by atoms with Crippen molar-refractivity contribution in [1.29, 1.82) is 0 Å². The van der Waals surface area contributed by atoms with Crippen molar-refractivity contribution in [2.45, 2.75) is 19.5 Å². The fraction of sp³-hybridized carbons (Fsp3) is 0.333. The van der Waals surface area contributed by atoms with Crippen LogP contribution in [0.4, 0.5) is 0 Å². The lowest BCUT2D eigenvalue weighted by atomic mass is 10.2. The largest absolute Gasteiger partial charge is 0.359 e. The van der Waals surface area contributed by atoms with Crippen LogP contribution in [0.3, 0.4) is 0 Å². The van der Waals surface area contributed by atoms with E-state index < -0.39 is 5.91 Å². The number of aromatic nitrogens is 1. The van der Waals surface area contributed by atoms with Gasteiger partial charge in [-0.15, -0.1) is 11.3 Å². The highest BCUT2D eigenvalue weighted by molar-refractivity contribution is 7.10. The van der Waals surface area contributed by atoms with Crippen LogP contribution >= 0.6 is 11.3 Å². The van der Waals surface area contributed by atoms with Gasteiger partial charge in [-0.3, -0.25) is 15.1 Å². The van der Waals surface area contributed by atoms with Crippen molar-refractivity contribution in [2.75, 3.05) is 7.05 Å². The Balaban J connectivity index is 2.01. The molecule has 1 amide bonds. The summed E-state index contributed by atoms with van der Waals surface area (Å²) in [6.07, 6.45) is 0. The maximum atomic E-state index is 11.3. The number of hydrogen-bond donors (Lipinski definition) is 2. The zero-order chi connectivity index (χ0) is 13.8. The van der Waals surface area contributed by atoms with Crippen LogP contribution in [-0.4, -0.2) is 23.0 Å². The maximum Gasteiger partial charge on any atom is 0.287 e. The second kappa shape index (κ2) is 5.96. The monoisotopic (exact) mass is 280 g/mol. The Hall–Kier alpha value is -1.70. The lowest BCUT2D eigenvalue weighted by Crippen LogP contribution is -2.30. The van der Waals surface area contributed by atoms with Gasteiger partial charge in [0, 0.05) is 17.0 Å². The molecule has 0 bridgehead atoms. The normalized spacial score (nSPS) is 12.6. The molecule has 0 aliphatic heterocycles. The van der Waals surface area contributed by atoms with Crippen molar-refractivity contribution >= 4 is 17.2 Å². The van der Waals surface area contributed by atoms with Gasteiger partial charge in [0.05, 0.1) is 6.54 Å². The number of nitrogen functional groups attached to an aromatic ring is 1. The number of nitrogens with one attached hydrogen (secondary N) is 1. The first kappa shape index (κ1) is 13.7. The van der Waals surface area contributed by atoms with Crippen molar-refractivity contribution in [3.63, 3.8) is 0 Å². The molecular weight excluding hydrogens is 264 g/mol. The van der Waals surface area contributed by atoms with Crippen molar-refractivity contribution in [3.8, 4) is 0 Å². The zero-order valence-corrected chi connectivity index (χ0v) is 11.6. The van der Waals surface area contributed by atoms with Crippen molar-refractivity contribution in [2.24, 2.45) is 5.84 Å². The van der Waals surface area contributed by atoms with Crippen LogP contribution < -0.4 is 11.3 Å². The van der Waals surface area contributed by atoms with Crippen LogP contribution in [0.2, 0.25) is 0 Å². The molecular formula is C12H16N4O2S. The van der Waals surface area contributed by atoms with Crippen LogP contribution in [0.25, 0.3) is 0 Å². The second-order valence-electron chi connectivity index (χ2n) is 4.26. The molecule has 0 fully saturated rings. The summed E-state index contributed by atoms with van der Waals surface area (Å²) in [5.74, 6) is 5.21.